The van der Waals surface area contributed by atoms with Crippen LogP contribution in [0.15, 0.2) is 18.3 Å². The molecule has 0 radical (unpaired) electrons. The van der Waals surface area contributed by atoms with Crippen LogP contribution in [0.3, 0.4) is 0 Å². The summed E-state index contributed by atoms with van der Waals surface area (Å²) >= 11 is 0. The number of aromatic nitrogens is 1. The molecule has 0 aliphatic heterocycles. The second-order valence-corrected chi connectivity index (χ2v) is 3.64. The van der Waals surface area contributed by atoms with E-state index in [4.69, 9.17) is 15.9 Å². The lowest BCUT2D eigenvalue weighted by Crippen LogP contribution is -2.28. The molecular formula is C12H20N4O. The first kappa shape index (κ1) is 13.4. The van der Waals surface area contributed by atoms with Gasteiger partial charge in [0.05, 0.1) is 0 Å². The van der Waals surface area contributed by atoms with Gasteiger partial charge in [0.1, 0.15) is 23.9 Å². The summed E-state index contributed by atoms with van der Waals surface area (Å²) in [5.74, 6) is 0.510. The molecule has 0 aliphatic carbocycles. The van der Waals surface area contributed by atoms with E-state index < -0.39 is 0 Å². The van der Waals surface area contributed by atoms with E-state index in [0.29, 0.717) is 18.1 Å². The largest absolute Gasteiger partial charge is 0.490 e. The molecule has 1 heterocycles. The van der Waals surface area contributed by atoms with E-state index in [-0.39, 0.29) is 5.84 Å². The highest BCUT2D eigenvalue weighted by atomic mass is 16.5. The van der Waals surface area contributed by atoms with Crippen molar-refractivity contribution in [2.75, 3.05) is 26.2 Å². The monoisotopic (exact) mass is 236 g/mol. The van der Waals surface area contributed by atoms with Gasteiger partial charge in [0.15, 0.2) is 0 Å². The van der Waals surface area contributed by atoms with Gasteiger partial charge in [-0.25, -0.2) is 4.98 Å². The van der Waals surface area contributed by atoms with Crippen LogP contribution in [0, 0.1) is 5.41 Å². The number of nitrogens with zero attached hydrogens (tertiary/aromatic N) is 2. The highest BCUT2D eigenvalue weighted by Crippen LogP contribution is 2.14. The van der Waals surface area contributed by atoms with Crippen LogP contribution in [-0.2, 0) is 0 Å². The number of likely N-dealkylation sites (N-methyl/N-ethyl adjacent to an activating group) is 1. The van der Waals surface area contributed by atoms with Gasteiger partial charge in [-0.05, 0) is 25.2 Å². The minimum absolute atomic E-state index is 0.0663. The standard InChI is InChI=1S/C12H20N4O/c1-3-16(4-2)8-9-17-10-6-5-7-15-11(10)12(13)14/h5-7H,3-4,8-9H2,1-2H3,(H3,13,14). The zero-order valence-electron chi connectivity index (χ0n) is 10.4. The molecule has 0 fully saturated rings. The highest BCUT2D eigenvalue weighted by Gasteiger charge is 2.07. The highest BCUT2D eigenvalue weighted by molar-refractivity contribution is 5.95. The molecule has 1 aromatic rings. The first-order valence-electron chi connectivity index (χ1n) is 5.83. The fourth-order valence-electron chi connectivity index (χ4n) is 1.53. The van der Waals surface area contributed by atoms with E-state index in [1.807, 2.05) is 0 Å². The average Bonchev–Trinajstić information content (AvgIpc) is 2.35. The molecule has 0 saturated heterocycles. The third-order valence-electron chi connectivity index (χ3n) is 2.59. The minimum Gasteiger partial charge on any atom is -0.490 e. The number of amidine groups is 1. The van der Waals surface area contributed by atoms with Crippen molar-refractivity contribution < 1.29 is 4.74 Å². The lowest BCUT2D eigenvalue weighted by Gasteiger charge is -2.18. The maximum absolute atomic E-state index is 7.39. The van der Waals surface area contributed by atoms with Crippen LogP contribution in [0.25, 0.3) is 0 Å². The Morgan fingerprint density at radius 3 is 2.76 bits per heavy atom. The van der Waals surface area contributed by atoms with Crippen LogP contribution in [-0.4, -0.2) is 42.0 Å². The average molecular weight is 236 g/mol. The molecule has 0 amide bonds. The first-order chi connectivity index (χ1) is 8.19. The number of nitrogens with two attached hydrogens (primary N) is 1. The fourth-order valence-corrected chi connectivity index (χ4v) is 1.53. The number of nitrogen functional groups attached to an aromatic ring is 1. The van der Waals surface area contributed by atoms with Crippen molar-refractivity contribution in [1.82, 2.24) is 9.88 Å². The number of rotatable bonds is 7. The van der Waals surface area contributed by atoms with Gasteiger partial charge in [0.2, 0.25) is 0 Å². The zero-order valence-corrected chi connectivity index (χ0v) is 10.4. The topological polar surface area (TPSA) is 75.2 Å². The Hall–Kier alpha value is -1.62. The molecule has 0 spiro atoms. The summed E-state index contributed by atoms with van der Waals surface area (Å²) in [5, 5.41) is 7.39. The molecule has 1 aromatic heterocycles. The van der Waals surface area contributed by atoms with Crippen molar-refractivity contribution in [3.8, 4) is 5.75 Å². The van der Waals surface area contributed by atoms with Crippen LogP contribution in [0.5, 0.6) is 5.75 Å². The molecule has 1 rings (SSSR count). The van der Waals surface area contributed by atoms with Crippen LogP contribution < -0.4 is 10.5 Å². The molecule has 0 aromatic carbocycles. The van der Waals surface area contributed by atoms with Crippen LogP contribution in [0.4, 0.5) is 0 Å². The summed E-state index contributed by atoms with van der Waals surface area (Å²) < 4.78 is 5.61. The van der Waals surface area contributed by atoms with Crippen molar-refractivity contribution in [2.45, 2.75) is 13.8 Å². The van der Waals surface area contributed by atoms with Gasteiger partial charge in [0.25, 0.3) is 0 Å². The molecule has 3 N–H and O–H groups in total. The Balaban J connectivity index is 2.54. The van der Waals surface area contributed by atoms with Crippen molar-refractivity contribution >= 4 is 5.84 Å². The SMILES string of the molecule is CCN(CC)CCOc1cccnc1C(=N)N. The lowest BCUT2D eigenvalue weighted by atomic mass is 10.3. The number of hydrogen-bond acceptors (Lipinski definition) is 4. The predicted octanol–water partition coefficient (Wildman–Crippen LogP) is 1.09. The summed E-state index contributed by atoms with van der Waals surface area (Å²) in [4.78, 5) is 6.30. The predicted molar refractivity (Wildman–Crippen MR) is 68.5 cm³/mol. The number of pyridine rings is 1. The quantitative estimate of drug-likeness (QED) is 0.549. The Kier molecular flexibility index (Phi) is 5.42. The van der Waals surface area contributed by atoms with E-state index >= 15 is 0 Å². The lowest BCUT2D eigenvalue weighted by molar-refractivity contribution is 0.222. The van der Waals surface area contributed by atoms with Crippen LogP contribution in [0.1, 0.15) is 19.5 Å². The summed E-state index contributed by atoms with van der Waals surface area (Å²) in [7, 11) is 0. The molecule has 0 unspecified atom stereocenters. The van der Waals surface area contributed by atoms with E-state index in [1.165, 1.54) is 0 Å². The van der Waals surface area contributed by atoms with Gasteiger partial charge in [-0.2, -0.15) is 0 Å². The van der Waals surface area contributed by atoms with Gasteiger partial charge in [0, 0.05) is 12.7 Å². The fraction of sp³-hybridized carbons (Fsp3) is 0.500. The van der Waals surface area contributed by atoms with Gasteiger partial charge in [-0.1, -0.05) is 13.8 Å². The second kappa shape index (κ2) is 6.85. The third kappa shape index (κ3) is 4.03. The van der Waals surface area contributed by atoms with E-state index in [0.717, 1.165) is 19.6 Å². The molecule has 0 atom stereocenters. The van der Waals surface area contributed by atoms with E-state index in [9.17, 15) is 0 Å². The first-order valence-corrected chi connectivity index (χ1v) is 5.83. The van der Waals surface area contributed by atoms with Gasteiger partial charge in [-0.3, -0.25) is 5.41 Å². The van der Waals surface area contributed by atoms with Gasteiger partial charge < -0.3 is 15.4 Å². The van der Waals surface area contributed by atoms with Gasteiger partial charge in [-0.15, -0.1) is 0 Å². The molecule has 17 heavy (non-hydrogen) atoms. The van der Waals surface area contributed by atoms with Crippen molar-refractivity contribution in [3.05, 3.63) is 24.0 Å². The second-order valence-electron chi connectivity index (χ2n) is 3.64. The van der Waals surface area contributed by atoms with Crippen LogP contribution in [0.2, 0.25) is 0 Å². The molecule has 94 valence electrons. The van der Waals surface area contributed by atoms with E-state index in [2.05, 4.69) is 23.7 Å². The number of nitrogens with one attached hydrogen (secondary N) is 1. The van der Waals surface area contributed by atoms with Crippen LogP contribution >= 0.6 is 0 Å². The summed E-state index contributed by atoms with van der Waals surface area (Å²) in [5.41, 5.74) is 5.84. The number of ether oxygens (including phenoxy) is 1. The molecule has 0 saturated carbocycles. The summed E-state index contributed by atoms with van der Waals surface area (Å²) in [6.07, 6.45) is 1.61. The van der Waals surface area contributed by atoms with Crippen molar-refractivity contribution in [2.24, 2.45) is 5.73 Å². The summed E-state index contributed by atoms with van der Waals surface area (Å²) in [6, 6.07) is 3.56. The van der Waals surface area contributed by atoms with Crippen molar-refractivity contribution in [1.29, 1.82) is 5.41 Å². The Morgan fingerprint density at radius 2 is 2.18 bits per heavy atom. The maximum atomic E-state index is 7.39. The molecule has 0 aliphatic rings. The molecule has 5 nitrogen and oxygen atoms in total. The smallest absolute Gasteiger partial charge is 0.148 e. The zero-order chi connectivity index (χ0) is 12.7. The molecule has 0 bridgehead atoms. The Labute approximate surface area is 102 Å². The molecular weight excluding hydrogens is 216 g/mol. The Bertz CT molecular complexity index is 363. The third-order valence-corrected chi connectivity index (χ3v) is 2.59. The number of hydrogen-bond donors (Lipinski definition) is 2. The maximum Gasteiger partial charge on any atom is 0.148 e. The minimum atomic E-state index is -0.0663. The van der Waals surface area contributed by atoms with Gasteiger partial charge >= 0.3 is 0 Å². The van der Waals surface area contributed by atoms with E-state index in [1.54, 1.807) is 18.3 Å². The Morgan fingerprint density at radius 1 is 1.47 bits per heavy atom. The normalized spacial score (nSPS) is 10.5. The summed E-state index contributed by atoms with van der Waals surface area (Å²) in [6.45, 7) is 7.69. The molecule has 5 heteroatoms. The van der Waals surface area contributed by atoms with Crippen molar-refractivity contribution in [3.63, 3.8) is 0 Å².